The van der Waals surface area contributed by atoms with E-state index in [0.717, 1.165) is 0 Å². The predicted molar refractivity (Wildman–Crippen MR) is 103 cm³/mol. The molecule has 0 unspecified atom stereocenters. The number of fused-ring (bicyclic) bond motifs is 1. The van der Waals surface area contributed by atoms with Crippen molar-refractivity contribution in [2.24, 2.45) is 0 Å². The molecule has 0 spiro atoms. The summed E-state index contributed by atoms with van der Waals surface area (Å²) in [6.45, 7) is 6.96. The standard InChI is InChI=1S/C20H20FN3O4/c1-10-13(24-19(27)28-20(2,3)4)7-8-14(22-10)16-12-6-5-11(21)9-15(12)23-17(16)18(25)26/h5-9,23H,1-4H3,(H,24,27)(H,25,26). The van der Waals surface area contributed by atoms with Crippen LogP contribution in [0.1, 0.15) is 37.0 Å². The maximum Gasteiger partial charge on any atom is 0.412 e. The van der Waals surface area contributed by atoms with E-state index in [2.05, 4.69) is 15.3 Å². The maximum absolute atomic E-state index is 13.5. The van der Waals surface area contributed by atoms with Crippen molar-refractivity contribution in [2.45, 2.75) is 33.3 Å². The van der Waals surface area contributed by atoms with Crippen LogP contribution in [0.15, 0.2) is 30.3 Å². The second kappa shape index (κ2) is 6.95. The quantitative estimate of drug-likeness (QED) is 0.605. The van der Waals surface area contributed by atoms with Crippen LogP contribution in [0.3, 0.4) is 0 Å². The van der Waals surface area contributed by atoms with E-state index in [1.807, 2.05) is 0 Å². The fraction of sp³-hybridized carbons (Fsp3) is 0.250. The number of amides is 1. The maximum atomic E-state index is 13.5. The Morgan fingerprint density at radius 1 is 1.21 bits per heavy atom. The Hall–Kier alpha value is -3.42. The molecule has 0 saturated heterocycles. The molecule has 0 aliphatic heterocycles. The summed E-state index contributed by atoms with van der Waals surface area (Å²) in [5.74, 6) is -1.65. The Morgan fingerprint density at radius 2 is 1.93 bits per heavy atom. The molecule has 3 rings (SSSR count). The number of aromatic carboxylic acids is 1. The largest absolute Gasteiger partial charge is 0.477 e. The van der Waals surface area contributed by atoms with Crippen LogP contribution >= 0.6 is 0 Å². The first-order valence-electron chi connectivity index (χ1n) is 8.58. The summed E-state index contributed by atoms with van der Waals surface area (Å²) in [5.41, 5.74) is 1.32. The molecule has 3 aromatic rings. The van der Waals surface area contributed by atoms with Crippen molar-refractivity contribution < 1.29 is 23.8 Å². The van der Waals surface area contributed by atoms with Crippen molar-refractivity contribution >= 4 is 28.7 Å². The van der Waals surface area contributed by atoms with Gasteiger partial charge in [-0.15, -0.1) is 0 Å². The van der Waals surface area contributed by atoms with Crippen molar-refractivity contribution in [1.29, 1.82) is 0 Å². The zero-order valence-electron chi connectivity index (χ0n) is 15.9. The van der Waals surface area contributed by atoms with Gasteiger partial charge in [0.05, 0.1) is 17.1 Å². The summed E-state index contributed by atoms with van der Waals surface area (Å²) in [6, 6.07) is 7.22. The number of carbonyl (C=O) groups is 2. The van der Waals surface area contributed by atoms with Crippen molar-refractivity contribution in [3.8, 4) is 11.3 Å². The lowest BCUT2D eigenvalue weighted by molar-refractivity contribution is 0.0633. The van der Waals surface area contributed by atoms with Gasteiger partial charge in [0, 0.05) is 16.5 Å². The Balaban J connectivity index is 2.01. The number of benzene rings is 1. The van der Waals surface area contributed by atoms with Gasteiger partial charge < -0.3 is 14.8 Å². The third kappa shape index (κ3) is 3.95. The average Bonchev–Trinajstić information content (AvgIpc) is 2.93. The molecule has 2 heterocycles. The van der Waals surface area contributed by atoms with Crippen LogP contribution in [-0.2, 0) is 4.74 Å². The Labute approximate surface area is 160 Å². The number of hydrogen-bond donors (Lipinski definition) is 3. The van der Waals surface area contributed by atoms with E-state index >= 15 is 0 Å². The predicted octanol–water partition coefficient (Wildman–Crippen LogP) is 4.72. The minimum Gasteiger partial charge on any atom is -0.477 e. The highest BCUT2D eigenvalue weighted by molar-refractivity contribution is 6.07. The summed E-state index contributed by atoms with van der Waals surface area (Å²) in [4.78, 5) is 30.8. The number of H-pyrrole nitrogens is 1. The lowest BCUT2D eigenvalue weighted by Crippen LogP contribution is -2.27. The monoisotopic (exact) mass is 385 g/mol. The zero-order chi connectivity index (χ0) is 20.6. The molecule has 28 heavy (non-hydrogen) atoms. The number of nitrogens with zero attached hydrogens (tertiary/aromatic N) is 1. The van der Waals surface area contributed by atoms with Gasteiger partial charge in [0.25, 0.3) is 0 Å². The summed E-state index contributed by atoms with van der Waals surface area (Å²) < 4.78 is 18.7. The molecule has 2 aromatic heterocycles. The van der Waals surface area contributed by atoms with Crippen LogP contribution in [0.4, 0.5) is 14.9 Å². The highest BCUT2D eigenvalue weighted by atomic mass is 19.1. The average molecular weight is 385 g/mol. The van der Waals surface area contributed by atoms with Crippen molar-refractivity contribution in [3.05, 3.63) is 47.5 Å². The molecule has 0 saturated carbocycles. The molecule has 8 heteroatoms. The molecule has 0 aliphatic carbocycles. The van der Waals surface area contributed by atoms with E-state index in [1.165, 1.54) is 18.2 Å². The van der Waals surface area contributed by atoms with Crippen LogP contribution < -0.4 is 5.32 Å². The molecular weight excluding hydrogens is 365 g/mol. The molecule has 0 radical (unpaired) electrons. The van der Waals surface area contributed by atoms with Gasteiger partial charge in [-0.3, -0.25) is 10.3 Å². The first-order valence-corrected chi connectivity index (χ1v) is 8.58. The van der Waals surface area contributed by atoms with Gasteiger partial charge in [-0.05, 0) is 58.0 Å². The number of hydrogen-bond acceptors (Lipinski definition) is 4. The van der Waals surface area contributed by atoms with Crippen molar-refractivity contribution in [1.82, 2.24) is 9.97 Å². The van der Waals surface area contributed by atoms with E-state index in [9.17, 15) is 19.1 Å². The number of halogens is 1. The summed E-state index contributed by atoms with van der Waals surface area (Å²) in [7, 11) is 0. The lowest BCUT2D eigenvalue weighted by Gasteiger charge is -2.20. The SMILES string of the molecule is Cc1nc(-c2c(C(=O)O)[nH]c3cc(F)ccc23)ccc1NC(=O)OC(C)(C)C. The summed E-state index contributed by atoms with van der Waals surface area (Å²) >= 11 is 0. The van der Waals surface area contributed by atoms with Gasteiger partial charge in [0.15, 0.2) is 0 Å². The number of aromatic amines is 1. The topological polar surface area (TPSA) is 104 Å². The first kappa shape index (κ1) is 19.3. The smallest absolute Gasteiger partial charge is 0.412 e. The number of pyridine rings is 1. The van der Waals surface area contributed by atoms with Crippen LogP contribution in [0.2, 0.25) is 0 Å². The van der Waals surface area contributed by atoms with Crippen LogP contribution in [-0.4, -0.2) is 32.7 Å². The van der Waals surface area contributed by atoms with Gasteiger partial charge in [-0.1, -0.05) is 0 Å². The number of carbonyl (C=O) groups excluding carboxylic acids is 1. The van der Waals surface area contributed by atoms with Crippen LogP contribution in [0, 0.1) is 12.7 Å². The normalized spacial score (nSPS) is 11.5. The molecule has 1 amide bonds. The van der Waals surface area contributed by atoms with Crippen LogP contribution in [0.25, 0.3) is 22.2 Å². The number of anilines is 1. The van der Waals surface area contributed by atoms with E-state index in [-0.39, 0.29) is 5.69 Å². The van der Waals surface area contributed by atoms with Gasteiger partial charge in [-0.2, -0.15) is 0 Å². The summed E-state index contributed by atoms with van der Waals surface area (Å²) in [6.07, 6.45) is -0.612. The zero-order valence-corrected chi connectivity index (χ0v) is 15.9. The Kier molecular flexibility index (Phi) is 4.80. The second-order valence-electron chi connectivity index (χ2n) is 7.33. The fourth-order valence-electron chi connectivity index (χ4n) is 2.84. The first-order chi connectivity index (χ1) is 13.0. The number of aromatic nitrogens is 2. The summed E-state index contributed by atoms with van der Waals surface area (Å²) in [5, 5.41) is 12.7. The number of nitrogens with one attached hydrogen (secondary N) is 2. The molecule has 146 valence electrons. The molecule has 3 N–H and O–H groups in total. The number of carboxylic acid groups (broad SMARTS) is 1. The minimum absolute atomic E-state index is 0.0830. The Bertz CT molecular complexity index is 1080. The molecule has 1 aromatic carbocycles. The fourth-order valence-corrected chi connectivity index (χ4v) is 2.84. The minimum atomic E-state index is -1.18. The van der Waals surface area contributed by atoms with E-state index in [0.29, 0.717) is 33.5 Å². The highest BCUT2D eigenvalue weighted by Crippen LogP contribution is 2.33. The number of carboxylic acids is 1. The lowest BCUT2D eigenvalue weighted by atomic mass is 10.1. The van der Waals surface area contributed by atoms with Gasteiger partial charge in [0.2, 0.25) is 0 Å². The molecular formula is C20H20FN3O4. The van der Waals surface area contributed by atoms with Crippen LogP contribution in [0.5, 0.6) is 0 Å². The molecule has 0 atom stereocenters. The van der Waals surface area contributed by atoms with Gasteiger partial charge in [0.1, 0.15) is 17.1 Å². The molecule has 0 aliphatic rings. The van der Waals surface area contributed by atoms with E-state index < -0.39 is 23.5 Å². The third-order valence-corrected chi connectivity index (χ3v) is 3.95. The van der Waals surface area contributed by atoms with Gasteiger partial charge in [-0.25, -0.2) is 14.0 Å². The van der Waals surface area contributed by atoms with Crippen molar-refractivity contribution in [3.63, 3.8) is 0 Å². The molecule has 0 bridgehead atoms. The van der Waals surface area contributed by atoms with E-state index in [4.69, 9.17) is 4.74 Å². The second-order valence-corrected chi connectivity index (χ2v) is 7.33. The van der Waals surface area contributed by atoms with Gasteiger partial charge >= 0.3 is 12.1 Å². The number of ether oxygens (including phenoxy) is 1. The molecule has 0 fully saturated rings. The van der Waals surface area contributed by atoms with E-state index in [1.54, 1.807) is 39.8 Å². The molecule has 7 nitrogen and oxygen atoms in total. The Morgan fingerprint density at radius 3 is 2.54 bits per heavy atom. The number of rotatable bonds is 3. The third-order valence-electron chi connectivity index (χ3n) is 3.95. The highest BCUT2D eigenvalue weighted by Gasteiger charge is 2.21. The van der Waals surface area contributed by atoms with Crippen molar-refractivity contribution in [2.75, 3.05) is 5.32 Å². The number of aryl methyl sites for hydroxylation is 1.